The number of aromatic nitrogens is 1. The summed E-state index contributed by atoms with van der Waals surface area (Å²) in [6.07, 6.45) is 1.73. The predicted octanol–water partition coefficient (Wildman–Crippen LogP) is 4.05. The minimum absolute atomic E-state index is 0.186. The largest absolute Gasteiger partial charge is 0.331 e. The van der Waals surface area contributed by atoms with Crippen LogP contribution in [0, 0.1) is 12.7 Å². The normalized spacial score (nSPS) is 10.5. The number of nitrogens with zero attached hydrogens (tertiary/aromatic N) is 2. The molecule has 0 bridgehead atoms. The molecule has 2 amide bonds. The number of benzene rings is 2. The van der Waals surface area contributed by atoms with E-state index < -0.39 is 0 Å². The molecule has 5 nitrogen and oxygen atoms in total. The van der Waals surface area contributed by atoms with Gasteiger partial charge in [0, 0.05) is 37.6 Å². The Hall–Kier alpha value is -3.41. The first-order valence-electron chi connectivity index (χ1n) is 8.43. The van der Waals surface area contributed by atoms with Crippen LogP contribution in [0.2, 0.25) is 0 Å². The van der Waals surface area contributed by atoms with Crippen molar-refractivity contribution in [2.45, 2.75) is 6.92 Å². The van der Waals surface area contributed by atoms with Gasteiger partial charge in [0.05, 0.1) is 5.69 Å². The van der Waals surface area contributed by atoms with Crippen LogP contribution in [-0.2, 0) is 0 Å². The van der Waals surface area contributed by atoms with Crippen LogP contribution in [0.15, 0.2) is 65.6 Å². The van der Waals surface area contributed by atoms with E-state index in [0.29, 0.717) is 11.4 Å². The lowest BCUT2D eigenvalue weighted by molar-refractivity contribution is 0.230. The van der Waals surface area contributed by atoms with Gasteiger partial charge < -0.3 is 10.2 Å². The Morgan fingerprint density at radius 2 is 1.78 bits per heavy atom. The van der Waals surface area contributed by atoms with E-state index in [2.05, 4.69) is 5.32 Å². The first-order chi connectivity index (χ1) is 12.8. The maximum atomic E-state index is 13.2. The van der Waals surface area contributed by atoms with Gasteiger partial charge in [-0.05, 0) is 48.4 Å². The van der Waals surface area contributed by atoms with Crippen molar-refractivity contribution in [3.8, 4) is 16.8 Å². The standard InChI is InChI=1S/C21H20FN3O2/c1-14-11-20(26)25(13-19(14)15-7-9-16(22)10-8-15)18-6-4-5-17(12-18)23-21(27)24(2)3/h4-13H,1-3H3,(H,23,27). The summed E-state index contributed by atoms with van der Waals surface area (Å²) in [7, 11) is 3.30. The molecule has 138 valence electrons. The summed E-state index contributed by atoms with van der Waals surface area (Å²) in [5.41, 5.74) is 3.48. The van der Waals surface area contributed by atoms with Crippen LogP contribution in [0.25, 0.3) is 16.8 Å². The average Bonchev–Trinajstić information content (AvgIpc) is 2.63. The van der Waals surface area contributed by atoms with Gasteiger partial charge in [-0.1, -0.05) is 18.2 Å². The van der Waals surface area contributed by atoms with Crippen LogP contribution >= 0.6 is 0 Å². The highest BCUT2D eigenvalue weighted by Crippen LogP contribution is 2.24. The van der Waals surface area contributed by atoms with Gasteiger partial charge in [-0.25, -0.2) is 9.18 Å². The molecule has 0 aliphatic rings. The van der Waals surface area contributed by atoms with Gasteiger partial charge in [0.1, 0.15) is 5.82 Å². The summed E-state index contributed by atoms with van der Waals surface area (Å²) in [5, 5.41) is 2.76. The molecular formula is C21H20FN3O2. The van der Waals surface area contributed by atoms with Crippen molar-refractivity contribution in [1.29, 1.82) is 0 Å². The molecule has 0 atom stereocenters. The first kappa shape index (κ1) is 18.4. The molecule has 0 aliphatic carbocycles. The number of pyridine rings is 1. The fourth-order valence-corrected chi connectivity index (χ4v) is 2.73. The van der Waals surface area contributed by atoms with E-state index in [9.17, 15) is 14.0 Å². The van der Waals surface area contributed by atoms with E-state index in [1.165, 1.54) is 21.6 Å². The third-order valence-electron chi connectivity index (χ3n) is 4.20. The molecule has 0 saturated carbocycles. The molecule has 1 N–H and O–H groups in total. The predicted molar refractivity (Wildman–Crippen MR) is 105 cm³/mol. The fourth-order valence-electron chi connectivity index (χ4n) is 2.73. The number of anilines is 1. The lowest BCUT2D eigenvalue weighted by Gasteiger charge is -2.14. The maximum absolute atomic E-state index is 13.2. The van der Waals surface area contributed by atoms with E-state index in [4.69, 9.17) is 0 Å². The van der Waals surface area contributed by atoms with Crippen molar-refractivity contribution in [3.63, 3.8) is 0 Å². The highest BCUT2D eigenvalue weighted by atomic mass is 19.1. The average molecular weight is 365 g/mol. The number of hydrogen-bond acceptors (Lipinski definition) is 2. The lowest BCUT2D eigenvalue weighted by atomic mass is 10.0. The van der Waals surface area contributed by atoms with Gasteiger partial charge in [0.2, 0.25) is 0 Å². The van der Waals surface area contributed by atoms with Crippen molar-refractivity contribution >= 4 is 11.7 Å². The van der Waals surface area contributed by atoms with Crippen LogP contribution in [0.1, 0.15) is 5.56 Å². The highest BCUT2D eigenvalue weighted by Gasteiger charge is 2.10. The zero-order valence-corrected chi connectivity index (χ0v) is 15.4. The molecule has 0 spiro atoms. The quantitative estimate of drug-likeness (QED) is 0.761. The van der Waals surface area contributed by atoms with Gasteiger partial charge >= 0.3 is 6.03 Å². The molecular weight excluding hydrogens is 345 g/mol. The van der Waals surface area contributed by atoms with Gasteiger partial charge in [0.15, 0.2) is 0 Å². The monoisotopic (exact) mass is 365 g/mol. The third kappa shape index (κ3) is 4.06. The third-order valence-corrected chi connectivity index (χ3v) is 4.20. The zero-order valence-electron chi connectivity index (χ0n) is 15.4. The molecule has 0 aliphatic heterocycles. The number of aryl methyl sites for hydroxylation is 1. The maximum Gasteiger partial charge on any atom is 0.321 e. The SMILES string of the molecule is Cc1cc(=O)n(-c2cccc(NC(=O)N(C)C)c2)cc1-c1ccc(F)cc1. The molecule has 27 heavy (non-hydrogen) atoms. The van der Waals surface area contributed by atoms with Crippen molar-refractivity contribution in [1.82, 2.24) is 9.47 Å². The second kappa shape index (κ2) is 7.45. The second-order valence-corrected chi connectivity index (χ2v) is 6.46. The Morgan fingerprint density at radius 3 is 2.44 bits per heavy atom. The van der Waals surface area contributed by atoms with E-state index in [-0.39, 0.29) is 17.4 Å². The topological polar surface area (TPSA) is 54.3 Å². The van der Waals surface area contributed by atoms with Gasteiger partial charge in [-0.3, -0.25) is 9.36 Å². The summed E-state index contributed by atoms with van der Waals surface area (Å²) in [6, 6.07) is 14.5. The van der Waals surface area contributed by atoms with E-state index >= 15 is 0 Å². The first-order valence-corrected chi connectivity index (χ1v) is 8.43. The van der Waals surface area contributed by atoms with Crippen LogP contribution < -0.4 is 10.9 Å². The number of halogens is 1. The van der Waals surface area contributed by atoms with Crippen LogP contribution in [0.3, 0.4) is 0 Å². The number of amides is 2. The summed E-state index contributed by atoms with van der Waals surface area (Å²) >= 11 is 0. The number of nitrogens with one attached hydrogen (secondary N) is 1. The number of carbonyl (C=O) groups is 1. The Bertz CT molecular complexity index is 1040. The molecule has 1 aromatic heterocycles. The number of urea groups is 1. The molecule has 0 radical (unpaired) electrons. The Labute approximate surface area is 156 Å². The molecule has 0 unspecified atom stereocenters. The van der Waals surface area contributed by atoms with Gasteiger partial charge in [0.25, 0.3) is 5.56 Å². The summed E-state index contributed by atoms with van der Waals surface area (Å²) in [5.74, 6) is -0.311. The Kier molecular flexibility index (Phi) is 5.07. The molecule has 3 rings (SSSR count). The minimum Gasteiger partial charge on any atom is -0.331 e. The van der Waals surface area contributed by atoms with E-state index in [0.717, 1.165) is 16.7 Å². The van der Waals surface area contributed by atoms with E-state index in [1.54, 1.807) is 62.8 Å². The summed E-state index contributed by atoms with van der Waals surface area (Å²) < 4.78 is 14.7. The highest BCUT2D eigenvalue weighted by molar-refractivity contribution is 5.89. The zero-order chi connectivity index (χ0) is 19.6. The van der Waals surface area contributed by atoms with Crippen molar-refractivity contribution < 1.29 is 9.18 Å². The van der Waals surface area contributed by atoms with Crippen molar-refractivity contribution in [2.75, 3.05) is 19.4 Å². The minimum atomic E-state index is -0.311. The van der Waals surface area contributed by atoms with Crippen LogP contribution in [-0.4, -0.2) is 29.6 Å². The number of rotatable bonds is 3. The Morgan fingerprint density at radius 1 is 1.07 bits per heavy atom. The molecule has 3 aromatic rings. The molecule has 0 saturated heterocycles. The number of hydrogen-bond donors (Lipinski definition) is 1. The second-order valence-electron chi connectivity index (χ2n) is 6.46. The van der Waals surface area contributed by atoms with Gasteiger partial charge in [-0.15, -0.1) is 0 Å². The van der Waals surface area contributed by atoms with Gasteiger partial charge in [-0.2, -0.15) is 0 Å². The smallest absolute Gasteiger partial charge is 0.321 e. The fraction of sp³-hybridized carbons (Fsp3) is 0.143. The summed E-state index contributed by atoms with van der Waals surface area (Å²) in [6.45, 7) is 1.85. The Balaban J connectivity index is 2.04. The summed E-state index contributed by atoms with van der Waals surface area (Å²) in [4.78, 5) is 25.8. The van der Waals surface area contributed by atoms with Crippen LogP contribution in [0.4, 0.5) is 14.9 Å². The number of carbonyl (C=O) groups excluding carboxylic acids is 1. The lowest BCUT2D eigenvalue weighted by Crippen LogP contribution is -2.27. The van der Waals surface area contributed by atoms with Crippen LogP contribution in [0.5, 0.6) is 0 Å². The van der Waals surface area contributed by atoms with Crippen molar-refractivity contribution in [3.05, 3.63) is 82.5 Å². The molecule has 6 heteroatoms. The van der Waals surface area contributed by atoms with Crippen molar-refractivity contribution in [2.24, 2.45) is 0 Å². The molecule has 0 fully saturated rings. The van der Waals surface area contributed by atoms with E-state index in [1.807, 2.05) is 6.92 Å². The molecule has 2 aromatic carbocycles. The molecule has 1 heterocycles.